The van der Waals surface area contributed by atoms with Crippen LogP contribution in [0.25, 0.3) is 0 Å². The van der Waals surface area contributed by atoms with Crippen LogP contribution in [0.15, 0.2) is 15.7 Å². The molecule has 0 saturated heterocycles. The van der Waals surface area contributed by atoms with Gasteiger partial charge in [-0.3, -0.25) is 4.79 Å². The van der Waals surface area contributed by atoms with Crippen molar-refractivity contribution in [1.29, 1.82) is 0 Å². The second kappa shape index (κ2) is 7.60. The van der Waals surface area contributed by atoms with Crippen LogP contribution < -0.4 is 5.43 Å². The first-order chi connectivity index (χ1) is 8.24. The van der Waals surface area contributed by atoms with Gasteiger partial charge in [-0.25, -0.2) is 5.43 Å². The largest absolute Gasteiger partial charge is 0.361 e. The summed E-state index contributed by atoms with van der Waals surface area (Å²) in [5, 5.41) is 7.44. The normalized spacial score (nSPS) is 10.9. The lowest BCUT2D eigenvalue weighted by Gasteiger charge is -1.95. The molecule has 0 aromatic carbocycles. The molecular weight excluding hydrogens is 218 g/mol. The number of hydrogen-bond donors (Lipinski definition) is 1. The summed E-state index contributed by atoms with van der Waals surface area (Å²) in [6.45, 7) is 3.91. The standard InChI is InChI=1S/C12H19N3O2/c1-3-4-5-6-7-8-13-14-12(16)11-9-10(2)17-15-11/h8-9H,3-7H2,1-2H3,(H,14,16). The van der Waals surface area contributed by atoms with Crippen LogP contribution in [0.1, 0.15) is 55.3 Å². The molecule has 1 heterocycles. The van der Waals surface area contributed by atoms with Crippen molar-refractivity contribution in [3.05, 3.63) is 17.5 Å². The van der Waals surface area contributed by atoms with E-state index in [1.54, 1.807) is 19.2 Å². The minimum absolute atomic E-state index is 0.255. The number of carbonyl (C=O) groups is 1. The first-order valence-corrected chi connectivity index (χ1v) is 5.99. The number of rotatable bonds is 7. The summed E-state index contributed by atoms with van der Waals surface area (Å²) in [4.78, 5) is 11.4. The first kappa shape index (κ1) is 13.4. The Balaban J connectivity index is 2.17. The molecule has 94 valence electrons. The van der Waals surface area contributed by atoms with E-state index in [0.717, 1.165) is 12.8 Å². The van der Waals surface area contributed by atoms with Gasteiger partial charge in [-0.1, -0.05) is 31.3 Å². The Labute approximate surface area is 101 Å². The molecule has 0 aliphatic carbocycles. The third-order valence-corrected chi connectivity index (χ3v) is 2.30. The summed E-state index contributed by atoms with van der Waals surface area (Å²) in [6, 6.07) is 1.58. The minimum atomic E-state index is -0.341. The lowest BCUT2D eigenvalue weighted by molar-refractivity contribution is 0.0946. The van der Waals surface area contributed by atoms with Crippen LogP contribution in [-0.4, -0.2) is 17.3 Å². The molecule has 0 unspecified atom stereocenters. The van der Waals surface area contributed by atoms with Crippen molar-refractivity contribution in [1.82, 2.24) is 10.6 Å². The van der Waals surface area contributed by atoms with E-state index in [9.17, 15) is 4.79 Å². The Morgan fingerprint density at radius 1 is 1.53 bits per heavy atom. The zero-order chi connectivity index (χ0) is 12.5. The van der Waals surface area contributed by atoms with Gasteiger partial charge in [-0.05, 0) is 19.8 Å². The van der Waals surface area contributed by atoms with Crippen LogP contribution >= 0.6 is 0 Å². The zero-order valence-corrected chi connectivity index (χ0v) is 10.4. The number of carbonyl (C=O) groups excluding carboxylic acids is 1. The van der Waals surface area contributed by atoms with Crippen LogP contribution in [0.3, 0.4) is 0 Å². The molecule has 1 rings (SSSR count). The minimum Gasteiger partial charge on any atom is -0.361 e. The van der Waals surface area contributed by atoms with Crippen molar-refractivity contribution in [3.63, 3.8) is 0 Å². The van der Waals surface area contributed by atoms with Gasteiger partial charge >= 0.3 is 0 Å². The molecule has 0 saturated carbocycles. The van der Waals surface area contributed by atoms with E-state index in [1.807, 2.05) is 0 Å². The van der Waals surface area contributed by atoms with Crippen molar-refractivity contribution in [3.8, 4) is 0 Å². The van der Waals surface area contributed by atoms with Crippen molar-refractivity contribution < 1.29 is 9.32 Å². The lowest BCUT2D eigenvalue weighted by Crippen LogP contribution is -2.17. The number of hydrazone groups is 1. The number of unbranched alkanes of at least 4 members (excludes halogenated alkanes) is 4. The Morgan fingerprint density at radius 3 is 3.00 bits per heavy atom. The maximum Gasteiger partial charge on any atom is 0.293 e. The monoisotopic (exact) mass is 237 g/mol. The second-order valence-corrected chi connectivity index (χ2v) is 3.92. The Bertz CT molecular complexity index is 372. The fraction of sp³-hybridized carbons (Fsp3) is 0.583. The smallest absolute Gasteiger partial charge is 0.293 e. The Hall–Kier alpha value is -1.65. The highest BCUT2D eigenvalue weighted by molar-refractivity contribution is 5.92. The van der Waals surface area contributed by atoms with E-state index in [4.69, 9.17) is 4.52 Å². The molecule has 0 radical (unpaired) electrons. The molecule has 5 nitrogen and oxygen atoms in total. The molecule has 1 amide bonds. The van der Waals surface area contributed by atoms with E-state index in [0.29, 0.717) is 5.76 Å². The van der Waals surface area contributed by atoms with E-state index in [2.05, 4.69) is 22.6 Å². The van der Waals surface area contributed by atoms with Crippen LogP contribution in [0.2, 0.25) is 0 Å². The highest BCUT2D eigenvalue weighted by Gasteiger charge is 2.08. The van der Waals surface area contributed by atoms with Crippen LogP contribution in [0.4, 0.5) is 0 Å². The number of aryl methyl sites for hydroxylation is 1. The predicted molar refractivity (Wildman–Crippen MR) is 66.0 cm³/mol. The second-order valence-electron chi connectivity index (χ2n) is 3.92. The molecule has 1 aromatic rings. The molecule has 17 heavy (non-hydrogen) atoms. The van der Waals surface area contributed by atoms with Gasteiger partial charge < -0.3 is 4.52 Å². The molecule has 0 aliphatic rings. The van der Waals surface area contributed by atoms with Gasteiger partial charge in [0.05, 0.1) is 0 Å². The SMILES string of the molecule is CCCCCCC=NNC(=O)c1cc(C)on1. The number of aromatic nitrogens is 1. The van der Waals surface area contributed by atoms with Crippen molar-refractivity contribution in [2.75, 3.05) is 0 Å². The fourth-order valence-electron chi connectivity index (χ4n) is 1.36. The number of amides is 1. The van der Waals surface area contributed by atoms with Gasteiger partial charge in [-0.2, -0.15) is 5.10 Å². The molecule has 0 atom stereocenters. The van der Waals surface area contributed by atoms with Gasteiger partial charge in [0.1, 0.15) is 5.76 Å². The lowest BCUT2D eigenvalue weighted by atomic mass is 10.2. The summed E-state index contributed by atoms with van der Waals surface area (Å²) in [6.07, 6.45) is 7.39. The van der Waals surface area contributed by atoms with Gasteiger partial charge in [0, 0.05) is 12.3 Å². The highest BCUT2D eigenvalue weighted by atomic mass is 16.5. The molecule has 1 aromatic heterocycles. The average Bonchev–Trinajstić information content (AvgIpc) is 2.74. The van der Waals surface area contributed by atoms with E-state index < -0.39 is 0 Å². The zero-order valence-electron chi connectivity index (χ0n) is 10.4. The fourth-order valence-corrected chi connectivity index (χ4v) is 1.36. The van der Waals surface area contributed by atoms with Crippen LogP contribution in [0, 0.1) is 6.92 Å². The summed E-state index contributed by atoms with van der Waals surface area (Å²) < 4.78 is 4.79. The van der Waals surface area contributed by atoms with Gasteiger partial charge in [0.2, 0.25) is 0 Å². The Morgan fingerprint density at radius 2 is 2.35 bits per heavy atom. The third-order valence-electron chi connectivity index (χ3n) is 2.30. The summed E-state index contributed by atoms with van der Waals surface area (Å²) in [7, 11) is 0. The quantitative estimate of drug-likeness (QED) is 0.450. The van der Waals surface area contributed by atoms with Crippen LogP contribution in [0.5, 0.6) is 0 Å². The molecule has 0 fully saturated rings. The topological polar surface area (TPSA) is 67.5 Å². The van der Waals surface area contributed by atoms with Gasteiger partial charge in [0.25, 0.3) is 5.91 Å². The summed E-state index contributed by atoms with van der Waals surface area (Å²) in [5.74, 6) is 0.269. The van der Waals surface area contributed by atoms with Crippen molar-refractivity contribution in [2.24, 2.45) is 5.10 Å². The van der Waals surface area contributed by atoms with Crippen LogP contribution in [-0.2, 0) is 0 Å². The molecule has 5 heteroatoms. The maximum absolute atomic E-state index is 11.4. The third kappa shape index (κ3) is 5.29. The first-order valence-electron chi connectivity index (χ1n) is 5.99. The Kier molecular flexibility index (Phi) is 5.99. The predicted octanol–water partition coefficient (Wildman–Crippen LogP) is 2.67. The summed E-state index contributed by atoms with van der Waals surface area (Å²) >= 11 is 0. The van der Waals surface area contributed by atoms with E-state index in [1.165, 1.54) is 19.3 Å². The van der Waals surface area contributed by atoms with Gasteiger partial charge in [0.15, 0.2) is 5.69 Å². The maximum atomic E-state index is 11.4. The van der Waals surface area contributed by atoms with E-state index in [-0.39, 0.29) is 11.6 Å². The number of nitrogens with zero attached hydrogens (tertiary/aromatic N) is 2. The van der Waals surface area contributed by atoms with E-state index >= 15 is 0 Å². The molecule has 1 N–H and O–H groups in total. The molecule has 0 bridgehead atoms. The number of nitrogens with one attached hydrogen (secondary N) is 1. The average molecular weight is 237 g/mol. The van der Waals surface area contributed by atoms with Crippen molar-refractivity contribution >= 4 is 12.1 Å². The van der Waals surface area contributed by atoms with Gasteiger partial charge in [-0.15, -0.1) is 0 Å². The molecular formula is C12H19N3O2. The van der Waals surface area contributed by atoms with Crippen molar-refractivity contribution in [2.45, 2.75) is 46.0 Å². The molecule has 0 aliphatic heterocycles. The molecule has 0 spiro atoms. The summed E-state index contributed by atoms with van der Waals surface area (Å²) in [5.41, 5.74) is 2.67. The highest BCUT2D eigenvalue weighted by Crippen LogP contribution is 2.01. The number of hydrogen-bond acceptors (Lipinski definition) is 4.